The predicted molar refractivity (Wildman–Crippen MR) is 85.0 cm³/mol. The van der Waals surface area contributed by atoms with Gasteiger partial charge in [0.25, 0.3) is 0 Å². The molecule has 23 heavy (non-hydrogen) atoms. The fourth-order valence-electron chi connectivity index (χ4n) is 2.62. The van der Waals surface area contributed by atoms with E-state index in [-0.39, 0.29) is 31.1 Å². The predicted octanol–water partition coefficient (Wildman–Crippen LogP) is 1.17. The van der Waals surface area contributed by atoms with Gasteiger partial charge in [-0.3, -0.25) is 14.4 Å². The van der Waals surface area contributed by atoms with Crippen molar-refractivity contribution in [3.8, 4) is 0 Å². The molecule has 7 nitrogen and oxygen atoms in total. The van der Waals surface area contributed by atoms with Gasteiger partial charge in [0, 0.05) is 25.9 Å². The summed E-state index contributed by atoms with van der Waals surface area (Å²) in [6, 6.07) is -0.758. The third-order valence-electron chi connectivity index (χ3n) is 3.91. The molecule has 0 unspecified atom stereocenters. The number of carboxylic acid groups (broad SMARTS) is 1. The second-order valence-corrected chi connectivity index (χ2v) is 5.73. The summed E-state index contributed by atoms with van der Waals surface area (Å²) in [5.74, 6) is -1.21. The third kappa shape index (κ3) is 7.97. The lowest BCUT2D eigenvalue weighted by atomic mass is 10.1. The SMILES string of the molecule is CCOC(=O)CCCN[C@H](CCC(=O)N1CCCCC1)C(=O)O. The summed E-state index contributed by atoms with van der Waals surface area (Å²) in [5.41, 5.74) is 0. The molecule has 1 rings (SSSR count). The Morgan fingerprint density at radius 3 is 2.48 bits per heavy atom. The zero-order valence-electron chi connectivity index (χ0n) is 13.9. The average Bonchev–Trinajstić information content (AvgIpc) is 2.54. The Kier molecular flexibility index (Phi) is 9.28. The van der Waals surface area contributed by atoms with Crippen LogP contribution in [0.2, 0.25) is 0 Å². The molecule has 0 radical (unpaired) electrons. The highest BCUT2D eigenvalue weighted by Gasteiger charge is 2.21. The number of likely N-dealkylation sites (tertiary alicyclic amines) is 1. The molecule has 1 amide bonds. The van der Waals surface area contributed by atoms with Crippen LogP contribution in [0.5, 0.6) is 0 Å². The van der Waals surface area contributed by atoms with Crippen molar-refractivity contribution >= 4 is 17.8 Å². The Morgan fingerprint density at radius 1 is 1.17 bits per heavy atom. The summed E-state index contributed by atoms with van der Waals surface area (Å²) in [6.07, 6.45) is 4.50. The molecule has 1 saturated heterocycles. The fraction of sp³-hybridized carbons (Fsp3) is 0.812. The van der Waals surface area contributed by atoms with Crippen LogP contribution in [0.4, 0.5) is 0 Å². The van der Waals surface area contributed by atoms with Gasteiger partial charge in [0.15, 0.2) is 0 Å². The first-order valence-electron chi connectivity index (χ1n) is 8.44. The van der Waals surface area contributed by atoms with Gasteiger partial charge in [-0.05, 0) is 45.6 Å². The number of nitrogens with zero attached hydrogens (tertiary/aromatic N) is 1. The lowest BCUT2D eigenvalue weighted by Crippen LogP contribution is -2.40. The minimum absolute atomic E-state index is 0.0317. The van der Waals surface area contributed by atoms with Gasteiger partial charge in [-0.2, -0.15) is 0 Å². The van der Waals surface area contributed by atoms with Crippen molar-refractivity contribution < 1.29 is 24.2 Å². The molecule has 0 saturated carbocycles. The molecule has 0 spiro atoms. The van der Waals surface area contributed by atoms with E-state index in [9.17, 15) is 19.5 Å². The van der Waals surface area contributed by atoms with Gasteiger partial charge in [-0.1, -0.05) is 0 Å². The van der Waals surface area contributed by atoms with E-state index in [1.807, 2.05) is 4.90 Å². The van der Waals surface area contributed by atoms with Crippen LogP contribution < -0.4 is 5.32 Å². The van der Waals surface area contributed by atoms with Crippen molar-refractivity contribution in [3.05, 3.63) is 0 Å². The van der Waals surface area contributed by atoms with E-state index in [2.05, 4.69) is 5.32 Å². The van der Waals surface area contributed by atoms with E-state index in [0.29, 0.717) is 19.6 Å². The maximum Gasteiger partial charge on any atom is 0.320 e. The van der Waals surface area contributed by atoms with E-state index < -0.39 is 12.0 Å². The monoisotopic (exact) mass is 328 g/mol. The molecule has 1 aliphatic heterocycles. The van der Waals surface area contributed by atoms with Crippen molar-refractivity contribution in [1.82, 2.24) is 10.2 Å². The molecule has 1 heterocycles. The summed E-state index contributed by atoms with van der Waals surface area (Å²) in [7, 11) is 0. The van der Waals surface area contributed by atoms with Crippen LogP contribution in [0, 0.1) is 0 Å². The number of piperidine rings is 1. The van der Waals surface area contributed by atoms with E-state index in [1.54, 1.807) is 6.92 Å². The normalized spacial score (nSPS) is 16.0. The Bertz CT molecular complexity index is 394. The number of amides is 1. The maximum absolute atomic E-state index is 12.1. The molecular formula is C16H28N2O5. The number of ether oxygens (including phenoxy) is 1. The quantitative estimate of drug-likeness (QED) is 0.461. The standard InChI is InChI=1S/C16H28N2O5/c1-2-23-15(20)7-6-10-17-13(16(21)22)8-9-14(19)18-11-4-3-5-12-18/h13,17H,2-12H2,1H3,(H,21,22)/t13-/m1/s1. The van der Waals surface area contributed by atoms with Crippen LogP contribution >= 0.6 is 0 Å². The molecule has 1 aliphatic rings. The van der Waals surface area contributed by atoms with Crippen molar-refractivity contribution in [3.63, 3.8) is 0 Å². The molecular weight excluding hydrogens is 300 g/mol. The van der Waals surface area contributed by atoms with E-state index >= 15 is 0 Å². The molecule has 0 aromatic carbocycles. The maximum atomic E-state index is 12.1. The molecule has 7 heteroatoms. The Labute approximate surface area is 137 Å². The van der Waals surface area contributed by atoms with Crippen LogP contribution in [-0.2, 0) is 19.1 Å². The summed E-state index contributed by atoms with van der Waals surface area (Å²) in [6.45, 7) is 4.07. The Hall–Kier alpha value is -1.63. The lowest BCUT2D eigenvalue weighted by Gasteiger charge is -2.27. The van der Waals surface area contributed by atoms with Crippen molar-refractivity contribution in [2.75, 3.05) is 26.2 Å². The van der Waals surface area contributed by atoms with Crippen LogP contribution in [-0.4, -0.2) is 60.1 Å². The minimum Gasteiger partial charge on any atom is -0.480 e. The summed E-state index contributed by atoms with van der Waals surface area (Å²) >= 11 is 0. The largest absolute Gasteiger partial charge is 0.480 e. The molecule has 132 valence electrons. The summed E-state index contributed by atoms with van der Waals surface area (Å²) in [4.78, 5) is 36.3. The first-order valence-corrected chi connectivity index (χ1v) is 8.44. The molecule has 0 aromatic rings. The number of rotatable bonds is 10. The number of hydrogen-bond acceptors (Lipinski definition) is 5. The number of hydrogen-bond donors (Lipinski definition) is 2. The zero-order valence-corrected chi connectivity index (χ0v) is 13.9. The van der Waals surface area contributed by atoms with E-state index in [0.717, 1.165) is 32.4 Å². The average molecular weight is 328 g/mol. The number of carbonyl (C=O) groups excluding carboxylic acids is 2. The number of carboxylic acids is 1. The van der Waals surface area contributed by atoms with Gasteiger partial charge in [0.2, 0.25) is 5.91 Å². The number of carbonyl (C=O) groups is 3. The highest BCUT2D eigenvalue weighted by Crippen LogP contribution is 2.11. The first kappa shape index (κ1) is 19.4. The van der Waals surface area contributed by atoms with Crippen molar-refractivity contribution in [2.45, 2.75) is 57.9 Å². The third-order valence-corrected chi connectivity index (χ3v) is 3.91. The van der Waals surface area contributed by atoms with Crippen molar-refractivity contribution in [2.24, 2.45) is 0 Å². The van der Waals surface area contributed by atoms with Crippen LogP contribution in [0.1, 0.15) is 51.9 Å². The Balaban J connectivity index is 2.24. The molecule has 0 bridgehead atoms. The molecule has 2 N–H and O–H groups in total. The molecule has 1 atom stereocenters. The topological polar surface area (TPSA) is 95.9 Å². The minimum atomic E-state index is -0.965. The van der Waals surface area contributed by atoms with Gasteiger partial charge in [0.05, 0.1) is 6.61 Å². The zero-order chi connectivity index (χ0) is 17.1. The van der Waals surface area contributed by atoms with Gasteiger partial charge in [-0.25, -0.2) is 0 Å². The summed E-state index contributed by atoms with van der Waals surface area (Å²) < 4.78 is 4.81. The number of esters is 1. The first-order chi connectivity index (χ1) is 11.0. The lowest BCUT2D eigenvalue weighted by molar-refractivity contribution is -0.143. The second kappa shape index (κ2) is 11.0. The van der Waals surface area contributed by atoms with Gasteiger partial charge in [-0.15, -0.1) is 0 Å². The Morgan fingerprint density at radius 2 is 1.87 bits per heavy atom. The van der Waals surface area contributed by atoms with Crippen LogP contribution in [0.25, 0.3) is 0 Å². The van der Waals surface area contributed by atoms with Crippen LogP contribution in [0.3, 0.4) is 0 Å². The fourth-order valence-corrected chi connectivity index (χ4v) is 2.62. The smallest absolute Gasteiger partial charge is 0.320 e. The van der Waals surface area contributed by atoms with Crippen molar-refractivity contribution in [1.29, 1.82) is 0 Å². The number of nitrogens with one attached hydrogen (secondary N) is 1. The van der Waals surface area contributed by atoms with Gasteiger partial charge < -0.3 is 20.1 Å². The second-order valence-electron chi connectivity index (χ2n) is 5.73. The molecule has 1 fully saturated rings. The molecule has 0 aromatic heterocycles. The highest BCUT2D eigenvalue weighted by atomic mass is 16.5. The van der Waals surface area contributed by atoms with Gasteiger partial charge >= 0.3 is 11.9 Å². The summed E-state index contributed by atoms with van der Waals surface area (Å²) in [5, 5.41) is 12.1. The van der Waals surface area contributed by atoms with Gasteiger partial charge in [0.1, 0.15) is 6.04 Å². The van der Waals surface area contributed by atoms with E-state index in [1.165, 1.54) is 0 Å². The molecule has 0 aliphatic carbocycles. The highest BCUT2D eigenvalue weighted by molar-refractivity contribution is 5.78. The van der Waals surface area contributed by atoms with E-state index in [4.69, 9.17) is 4.74 Å². The number of aliphatic carboxylic acids is 1. The van der Waals surface area contributed by atoms with Crippen LogP contribution in [0.15, 0.2) is 0 Å².